The summed E-state index contributed by atoms with van der Waals surface area (Å²) in [6, 6.07) is 40.3. The van der Waals surface area contributed by atoms with E-state index < -0.39 is 0 Å². The third kappa shape index (κ3) is 4.14. The number of thiophene rings is 1. The van der Waals surface area contributed by atoms with Crippen LogP contribution in [0.3, 0.4) is 0 Å². The standard InChI is InChI=1S/C31H20ClNS/c32-29-18-27(21-7-2-1-3-8-21)17-28(19-29)24-11-4-9-22(15-24)23-10-5-12-25(16-23)30-20-26-13-6-14-33-31(26)34-30/h1-20H. The first-order valence-electron chi connectivity index (χ1n) is 11.1. The van der Waals surface area contributed by atoms with Crippen molar-refractivity contribution in [2.75, 3.05) is 0 Å². The van der Waals surface area contributed by atoms with Crippen molar-refractivity contribution in [1.29, 1.82) is 0 Å². The van der Waals surface area contributed by atoms with Crippen molar-refractivity contribution in [3.05, 3.63) is 126 Å². The molecule has 0 bridgehead atoms. The van der Waals surface area contributed by atoms with Gasteiger partial charge in [-0.05, 0) is 81.4 Å². The van der Waals surface area contributed by atoms with Crippen molar-refractivity contribution in [3.8, 4) is 43.8 Å². The third-order valence-electron chi connectivity index (χ3n) is 5.98. The van der Waals surface area contributed by atoms with Gasteiger partial charge in [-0.2, -0.15) is 0 Å². The fourth-order valence-corrected chi connectivity index (χ4v) is 5.53. The highest BCUT2D eigenvalue weighted by atomic mass is 35.5. The minimum Gasteiger partial charge on any atom is -0.245 e. The molecule has 0 atom stereocenters. The van der Waals surface area contributed by atoms with Crippen LogP contribution in [0.2, 0.25) is 5.02 Å². The van der Waals surface area contributed by atoms with Gasteiger partial charge in [0.15, 0.2) is 0 Å². The van der Waals surface area contributed by atoms with E-state index in [2.05, 4.69) is 96.0 Å². The van der Waals surface area contributed by atoms with Crippen LogP contribution >= 0.6 is 22.9 Å². The predicted octanol–water partition coefficient (Wildman–Crippen LogP) is 9.62. The zero-order chi connectivity index (χ0) is 22.9. The largest absolute Gasteiger partial charge is 0.245 e. The molecule has 0 unspecified atom stereocenters. The highest BCUT2D eigenvalue weighted by Gasteiger charge is 2.09. The molecule has 34 heavy (non-hydrogen) atoms. The zero-order valence-corrected chi connectivity index (χ0v) is 19.9. The fraction of sp³-hybridized carbons (Fsp3) is 0. The van der Waals surface area contributed by atoms with Crippen molar-refractivity contribution < 1.29 is 0 Å². The molecule has 0 aliphatic heterocycles. The van der Waals surface area contributed by atoms with Gasteiger partial charge < -0.3 is 0 Å². The van der Waals surface area contributed by atoms with E-state index in [0.29, 0.717) is 0 Å². The third-order valence-corrected chi connectivity index (χ3v) is 7.30. The molecule has 0 spiro atoms. The Morgan fingerprint density at radius 1 is 0.500 bits per heavy atom. The van der Waals surface area contributed by atoms with E-state index in [4.69, 9.17) is 11.6 Å². The van der Waals surface area contributed by atoms with Gasteiger partial charge in [0.25, 0.3) is 0 Å². The summed E-state index contributed by atoms with van der Waals surface area (Å²) in [5.41, 5.74) is 8.12. The first kappa shape index (κ1) is 20.9. The van der Waals surface area contributed by atoms with E-state index in [-0.39, 0.29) is 0 Å². The normalized spacial score (nSPS) is 11.1. The maximum Gasteiger partial charge on any atom is 0.123 e. The summed E-state index contributed by atoms with van der Waals surface area (Å²) in [6.07, 6.45) is 1.85. The summed E-state index contributed by atoms with van der Waals surface area (Å²) in [4.78, 5) is 6.80. The molecule has 6 aromatic rings. The summed E-state index contributed by atoms with van der Waals surface area (Å²) in [5.74, 6) is 0. The smallest absolute Gasteiger partial charge is 0.123 e. The molecule has 2 heterocycles. The van der Waals surface area contributed by atoms with Crippen molar-refractivity contribution in [1.82, 2.24) is 4.98 Å². The van der Waals surface area contributed by atoms with E-state index >= 15 is 0 Å². The average Bonchev–Trinajstić information content (AvgIpc) is 3.34. The molecule has 2 aromatic heterocycles. The molecule has 0 amide bonds. The molecule has 0 fully saturated rings. The molecule has 0 aliphatic carbocycles. The molecule has 4 aromatic carbocycles. The van der Waals surface area contributed by atoms with Gasteiger partial charge in [0, 0.05) is 21.5 Å². The van der Waals surface area contributed by atoms with Crippen LogP contribution in [-0.2, 0) is 0 Å². The highest BCUT2D eigenvalue weighted by Crippen LogP contribution is 2.36. The molecule has 0 saturated carbocycles. The summed E-state index contributed by atoms with van der Waals surface area (Å²) in [6.45, 7) is 0. The Morgan fingerprint density at radius 2 is 1.09 bits per heavy atom. The van der Waals surface area contributed by atoms with Crippen molar-refractivity contribution >= 4 is 33.2 Å². The van der Waals surface area contributed by atoms with Crippen LogP contribution in [0, 0.1) is 0 Å². The Bertz CT molecular complexity index is 1580. The number of fused-ring (bicyclic) bond motifs is 1. The quantitative estimate of drug-likeness (QED) is 0.248. The van der Waals surface area contributed by atoms with E-state index in [1.165, 1.54) is 27.0 Å². The molecular formula is C31H20ClNS. The van der Waals surface area contributed by atoms with Gasteiger partial charge in [0.2, 0.25) is 0 Å². The van der Waals surface area contributed by atoms with Gasteiger partial charge in [0.05, 0.1) is 0 Å². The first-order valence-corrected chi connectivity index (χ1v) is 12.3. The summed E-state index contributed by atoms with van der Waals surface area (Å²) in [7, 11) is 0. The van der Waals surface area contributed by atoms with Crippen LogP contribution in [0.4, 0.5) is 0 Å². The topological polar surface area (TPSA) is 12.9 Å². The number of benzene rings is 4. The molecule has 0 radical (unpaired) electrons. The predicted molar refractivity (Wildman–Crippen MR) is 146 cm³/mol. The molecule has 1 nitrogen and oxygen atoms in total. The number of nitrogens with zero attached hydrogens (tertiary/aromatic N) is 1. The number of hydrogen-bond donors (Lipinski definition) is 0. The second kappa shape index (κ2) is 8.90. The number of hydrogen-bond acceptors (Lipinski definition) is 2. The number of rotatable bonds is 4. The van der Waals surface area contributed by atoms with Crippen LogP contribution in [0.1, 0.15) is 0 Å². The van der Waals surface area contributed by atoms with Crippen molar-refractivity contribution in [3.63, 3.8) is 0 Å². The van der Waals surface area contributed by atoms with Crippen LogP contribution in [-0.4, -0.2) is 4.98 Å². The van der Waals surface area contributed by atoms with Crippen LogP contribution in [0.25, 0.3) is 54.0 Å². The monoisotopic (exact) mass is 473 g/mol. The van der Waals surface area contributed by atoms with Gasteiger partial charge in [-0.15, -0.1) is 11.3 Å². The Kier molecular flexibility index (Phi) is 5.46. The molecule has 6 rings (SSSR count). The minimum atomic E-state index is 0.738. The van der Waals surface area contributed by atoms with E-state index in [1.54, 1.807) is 11.3 Å². The van der Waals surface area contributed by atoms with Crippen molar-refractivity contribution in [2.45, 2.75) is 0 Å². The zero-order valence-electron chi connectivity index (χ0n) is 18.3. The van der Waals surface area contributed by atoms with E-state index in [0.717, 1.165) is 32.1 Å². The highest BCUT2D eigenvalue weighted by molar-refractivity contribution is 7.21. The van der Waals surface area contributed by atoms with Gasteiger partial charge in [-0.25, -0.2) is 4.98 Å². The van der Waals surface area contributed by atoms with E-state index in [9.17, 15) is 0 Å². The molecule has 0 aliphatic rings. The van der Waals surface area contributed by atoms with Gasteiger partial charge >= 0.3 is 0 Å². The molecule has 3 heteroatoms. The first-order chi connectivity index (χ1) is 16.7. The lowest BCUT2D eigenvalue weighted by Crippen LogP contribution is -1.85. The van der Waals surface area contributed by atoms with E-state index in [1.807, 2.05) is 30.5 Å². The molecule has 162 valence electrons. The maximum absolute atomic E-state index is 6.52. The molecule has 0 saturated heterocycles. The fourth-order valence-electron chi connectivity index (χ4n) is 4.30. The SMILES string of the molecule is Clc1cc(-c2ccccc2)cc(-c2cccc(-c3cccc(-c4cc5cccnc5s4)c3)c2)c1. The lowest BCUT2D eigenvalue weighted by Gasteiger charge is -2.10. The second-order valence-electron chi connectivity index (χ2n) is 8.26. The van der Waals surface area contributed by atoms with Gasteiger partial charge in [-0.3, -0.25) is 0 Å². The Morgan fingerprint density at radius 3 is 1.82 bits per heavy atom. The average molecular weight is 474 g/mol. The number of halogens is 1. The lowest BCUT2D eigenvalue weighted by molar-refractivity contribution is 1.45. The van der Waals surface area contributed by atoms with Crippen LogP contribution < -0.4 is 0 Å². The molecular weight excluding hydrogens is 454 g/mol. The Labute approximate surface area is 208 Å². The summed E-state index contributed by atoms with van der Waals surface area (Å²) < 4.78 is 0. The minimum absolute atomic E-state index is 0.738. The summed E-state index contributed by atoms with van der Waals surface area (Å²) >= 11 is 8.25. The Balaban J connectivity index is 1.38. The van der Waals surface area contributed by atoms with Gasteiger partial charge in [-0.1, -0.05) is 84.4 Å². The maximum atomic E-state index is 6.52. The number of aromatic nitrogens is 1. The van der Waals surface area contributed by atoms with Crippen LogP contribution in [0.15, 0.2) is 121 Å². The Hall–Kier alpha value is -3.72. The second-order valence-corrected chi connectivity index (χ2v) is 9.73. The van der Waals surface area contributed by atoms with Gasteiger partial charge in [0.1, 0.15) is 4.83 Å². The number of pyridine rings is 1. The van der Waals surface area contributed by atoms with Crippen LogP contribution in [0.5, 0.6) is 0 Å². The summed E-state index contributed by atoms with van der Waals surface area (Å²) in [5, 5.41) is 1.92. The molecule has 0 N–H and O–H groups in total. The lowest BCUT2D eigenvalue weighted by atomic mass is 9.95. The van der Waals surface area contributed by atoms with Crippen molar-refractivity contribution in [2.24, 2.45) is 0 Å².